The second kappa shape index (κ2) is 5.15. The topological polar surface area (TPSA) is 12.0 Å². The molecule has 0 saturated carbocycles. The minimum atomic E-state index is -0.948. The summed E-state index contributed by atoms with van der Waals surface area (Å²) in [7, 11) is 0. The second-order valence-electron chi connectivity index (χ2n) is 4.44. The van der Waals surface area contributed by atoms with Crippen LogP contribution in [-0.2, 0) is 0 Å². The van der Waals surface area contributed by atoms with Crippen molar-refractivity contribution in [3.05, 3.63) is 34.3 Å². The summed E-state index contributed by atoms with van der Waals surface area (Å²) in [6.07, 6.45) is 1.40. The number of hydrogen-bond donors (Lipinski definition) is 1. The van der Waals surface area contributed by atoms with Crippen molar-refractivity contribution >= 4 is 11.6 Å². The Morgan fingerprint density at radius 2 is 2.31 bits per heavy atom. The summed E-state index contributed by atoms with van der Waals surface area (Å²) in [5.41, 5.74) is 1.82. The highest BCUT2D eigenvalue weighted by Gasteiger charge is 2.18. The van der Waals surface area contributed by atoms with E-state index in [1.807, 2.05) is 12.1 Å². The summed E-state index contributed by atoms with van der Waals surface area (Å²) in [4.78, 5) is 0. The first-order valence-electron chi connectivity index (χ1n) is 5.82. The van der Waals surface area contributed by atoms with Crippen LogP contribution in [0.4, 0.5) is 4.39 Å². The molecule has 1 nitrogen and oxygen atoms in total. The van der Waals surface area contributed by atoms with Crippen molar-refractivity contribution in [1.29, 1.82) is 0 Å². The standard InChI is InChI=1S/C13H17ClFN/c1-9(15)10-4-5-12(13(14)7-10)11-3-2-6-16-8-11/h4-5,7,9,11,16H,2-3,6,8H2,1H3. The van der Waals surface area contributed by atoms with Crippen LogP contribution < -0.4 is 5.32 Å². The smallest absolute Gasteiger partial charge is 0.122 e. The van der Waals surface area contributed by atoms with Crippen LogP contribution in [0.1, 0.15) is 43.0 Å². The number of halogens is 2. The molecular formula is C13H17ClFN. The third-order valence-corrected chi connectivity index (χ3v) is 3.55. The molecule has 1 aromatic rings. The zero-order valence-corrected chi connectivity index (χ0v) is 10.2. The van der Waals surface area contributed by atoms with Gasteiger partial charge in [0, 0.05) is 11.6 Å². The number of hydrogen-bond acceptors (Lipinski definition) is 1. The van der Waals surface area contributed by atoms with Crippen molar-refractivity contribution in [2.24, 2.45) is 0 Å². The Kier molecular flexibility index (Phi) is 3.82. The Morgan fingerprint density at radius 1 is 1.50 bits per heavy atom. The Balaban J connectivity index is 2.21. The molecule has 16 heavy (non-hydrogen) atoms. The van der Waals surface area contributed by atoms with Gasteiger partial charge in [-0.2, -0.15) is 0 Å². The van der Waals surface area contributed by atoms with Gasteiger partial charge in [0.1, 0.15) is 6.17 Å². The lowest BCUT2D eigenvalue weighted by atomic mass is 9.91. The van der Waals surface area contributed by atoms with Gasteiger partial charge in [0.25, 0.3) is 0 Å². The average molecular weight is 242 g/mol. The number of piperidine rings is 1. The molecule has 0 amide bonds. The average Bonchev–Trinajstić information content (AvgIpc) is 2.30. The molecule has 1 aliphatic rings. The lowest BCUT2D eigenvalue weighted by molar-refractivity contribution is 0.374. The number of nitrogens with one attached hydrogen (secondary N) is 1. The van der Waals surface area contributed by atoms with E-state index in [1.165, 1.54) is 13.3 Å². The van der Waals surface area contributed by atoms with Gasteiger partial charge >= 0.3 is 0 Å². The normalized spacial score (nSPS) is 23.1. The molecule has 1 N–H and O–H groups in total. The van der Waals surface area contributed by atoms with Crippen molar-refractivity contribution in [3.63, 3.8) is 0 Å². The van der Waals surface area contributed by atoms with Crippen molar-refractivity contribution in [2.45, 2.75) is 31.9 Å². The SMILES string of the molecule is CC(F)c1ccc(C2CCCNC2)c(Cl)c1. The number of benzene rings is 1. The van der Waals surface area contributed by atoms with Crippen LogP contribution >= 0.6 is 11.6 Å². The number of rotatable bonds is 2. The fourth-order valence-corrected chi connectivity index (χ4v) is 2.58. The quantitative estimate of drug-likeness (QED) is 0.830. The van der Waals surface area contributed by atoms with Crippen molar-refractivity contribution in [2.75, 3.05) is 13.1 Å². The molecule has 2 unspecified atom stereocenters. The van der Waals surface area contributed by atoms with E-state index < -0.39 is 6.17 Å². The lowest BCUT2D eigenvalue weighted by Crippen LogP contribution is -2.28. The van der Waals surface area contributed by atoms with Gasteiger partial charge in [-0.1, -0.05) is 23.7 Å². The molecular weight excluding hydrogens is 225 g/mol. The summed E-state index contributed by atoms with van der Waals surface area (Å²) >= 11 is 6.21. The van der Waals surface area contributed by atoms with Gasteiger partial charge in [-0.05, 0) is 49.4 Å². The molecule has 3 heteroatoms. The summed E-state index contributed by atoms with van der Waals surface area (Å²) in [6.45, 7) is 3.60. The first-order valence-corrected chi connectivity index (χ1v) is 6.20. The van der Waals surface area contributed by atoms with Crippen molar-refractivity contribution < 1.29 is 4.39 Å². The Labute approximate surface area is 101 Å². The summed E-state index contributed by atoms with van der Waals surface area (Å²) in [6, 6.07) is 5.59. The zero-order valence-electron chi connectivity index (χ0n) is 9.47. The second-order valence-corrected chi connectivity index (χ2v) is 4.85. The van der Waals surface area contributed by atoms with Crippen LogP contribution in [0.2, 0.25) is 5.02 Å². The van der Waals surface area contributed by atoms with E-state index in [0.717, 1.165) is 25.1 Å². The highest BCUT2D eigenvalue weighted by molar-refractivity contribution is 6.31. The molecule has 0 radical (unpaired) electrons. The lowest BCUT2D eigenvalue weighted by Gasteiger charge is -2.24. The molecule has 0 aliphatic carbocycles. The van der Waals surface area contributed by atoms with Gasteiger partial charge in [0.15, 0.2) is 0 Å². The fourth-order valence-electron chi connectivity index (χ4n) is 2.24. The van der Waals surface area contributed by atoms with Crippen molar-refractivity contribution in [1.82, 2.24) is 5.32 Å². The predicted molar refractivity (Wildman–Crippen MR) is 65.8 cm³/mol. The van der Waals surface area contributed by atoms with Crippen LogP contribution in [0, 0.1) is 0 Å². The van der Waals surface area contributed by atoms with Crippen LogP contribution in [0.3, 0.4) is 0 Å². The van der Waals surface area contributed by atoms with E-state index in [4.69, 9.17) is 11.6 Å². The highest BCUT2D eigenvalue weighted by atomic mass is 35.5. The van der Waals surface area contributed by atoms with E-state index in [9.17, 15) is 4.39 Å². The van der Waals surface area contributed by atoms with Gasteiger partial charge in [-0.25, -0.2) is 4.39 Å². The molecule has 0 bridgehead atoms. The largest absolute Gasteiger partial charge is 0.316 e. The molecule has 1 saturated heterocycles. The summed E-state index contributed by atoms with van der Waals surface area (Å²) < 4.78 is 13.1. The monoisotopic (exact) mass is 241 g/mol. The van der Waals surface area contributed by atoms with Crippen molar-refractivity contribution in [3.8, 4) is 0 Å². The molecule has 1 aliphatic heterocycles. The van der Waals surface area contributed by atoms with Gasteiger partial charge in [0.2, 0.25) is 0 Å². The first-order chi connectivity index (χ1) is 7.68. The number of alkyl halides is 1. The molecule has 1 aromatic carbocycles. The van der Waals surface area contributed by atoms with E-state index >= 15 is 0 Å². The molecule has 2 rings (SSSR count). The molecule has 1 heterocycles. The molecule has 88 valence electrons. The summed E-state index contributed by atoms with van der Waals surface area (Å²) in [5, 5.41) is 4.07. The minimum Gasteiger partial charge on any atom is -0.316 e. The fraction of sp³-hybridized carbons (Fsp3) is 0.538. The maximum absolute atomic E-state index is 13.1. The molecule has 2 atom stereocenters. The van der Waals surface area contributed by atoms with E-state index in [2.05, 4.69) is 5.32 Å². The van der Waals surface area contributed by atoms with Crippen LogP contribution in [0.15, 0.2) is 18.2 Å². The molecule has 1 fully saturated rings. The van der Waals surface area contributed by atoms with Gasteiger partial charge in [-0.15, -0.1) is 0 Å². The minimum absolute atomic E-state index is 0.477. The maximum Gasteiger partial charge on any atom is 0.122 e. The van der Waals surface area contributed by atoms with E-state index in [-0.39, 0.29) is 0 Å². The Bertz CT molecular complexity index is 359. The van der Waals surface area contributed by atoms with Gasteiger partial charge < -0.3 is 5.32 Å². The van der Waals surface area contributed by atoms with E-state index in [1.54, 1.807) is 6.07 Å². The Hall–Kier alpha value is -0.600. The summed E-state index contributed by atoms with van der Waals surface area (Å²) in [5.74, 6) is 0.477. The maximum atomic E-state index is 13.1. The van der Waals surface area contributed by atoms with Crippen LogP contribution in [-0.4, -0.2) is 13.1 Å². The van der Waals surface area contributed by atoms with Crippen LogP contribution in [0.5, 0.6) is 0 Å². The third kappa shape index (κ3) is 2.55. The zero-order chi connectivity index (χ0) is 11.5. The highest BCUT2D eigenvalue weighted by Crippen LogP contribution is 2.31. The van der Waals surface area contributed by atoms with Gasteiger partial charge in [-0.3, -0.25) is 0 Å². The molecule has 0 aromatic heterocycles. The molecule has 0 spiro atoms. The first kappa shape index (κ1) is 11.9. The van der Waals surface area contributed by atoms with Crippen LogP contribution in [0.25, 0.3) is 0 Å². The Morgan fingerprint density at radius 3 is 2.88 bits per heavy atom. The van der Waals surface area contributed by atoms with Gasteiger partial charge in [0.05, 0.1) is 0 Å². The third-order valence-electron chi connectivity index (χ3n) is 3.22. The van der Waals surface area contributed by atoms with E-state index in [0.29, 0.717) is 16.5 Å². The predicted octanol–water partition coefficient (Wildman–Crippen LogP) is 3.84.